The van der Waals surface area contributed by atoms with Crippen molar-refractivity contribution in [1.29, 1.82) is 0 Å². The van der Waals surface area contributed by atoms with Gasteiger partial charge < -0.3 is 5.11 Å². The zero-order valence-electron chi connectivity index (χ0n) is 12.7. The first-order valence-electron chi connectivity index (χ1n) is 7.72. The summed E-state index contributed by atoms with van der Waals surface area (Å²) in [5, 5.41) is 16.7. The fourth-order valence-corrected chi connectivity index (χ4v) is 3.35. The topological polar surface area (TPSA) is 71.2 Å². The van der Waals surface area contributed by atoms with Crippen LogP contribution in [0.25, 0.3) is 0 Å². The largest absolute Gasteiger partial charge is 0.480 e. The second kappa shape index (κ2) is 7.23. The van der Waals surface area contributed by atoms with Crippen LogP contribution in [0.5, 0.6) is 0 Å². The van der Waals surface area contributed by atoms with Crippen molar-refractivity contribution in [3.05, 3.63) is 46.2 Å². The minimum absolute atomic E-state index is 0.141. The van der Waals surface area contributed by atoms with E-state index in [-0.39, 0.29) is 6.54 Å². The van der Waals surface area contributed by atoms with Crippen molar-refractivity contribution in [3.8, 4) is 0 Å². The van der Waals surface area contributed by atoms with Crippen molar-refractivity contribution in [2.45, 2.75) is 31.8 Å². The molecule has 7 heteroatoms. The number of likely N-dealkylation sites (tertiary alicyclic amines) is 1. The molecule has 1 aromatic carbocycles. The molecule has 6 nitrogen and oxygen atoms in total. The van der Waals surface area contributed by atoms with E-state index in [9.17, 15) is 4.79 Å². The van der Waals surface area contributed by atoms with Gasteiger partial charge >= 0.3 is 5.97 Å². The minimum Gasteiger partial charge on any atom is -0.480 e. The molecular weight excluding hydrogens is 360 g/mol. The van der Waals surface area contributed by atoms with Gasteiger partial charge in [0.25, 0.3) is 0 Å². The number of benzene rings is 1. The van der Waals surface area contributed by atoms with E-state index in [0.717, 1.165) is 29.7 Å². The van der Waals surface area contributed by atoms with Crippen LogP contribution < -0.4 is 0 Å². The molecule has 1 N–H and O–H groups in total. The fourth-order valence-electron chi connectivity index (χ4n) is 3.08. The Balaban J connectivity index is 1.59. The molecule has 1 unspecified atom stereocenters. The van der Waals surface area contributed by atoms with Gasteiger partial charge in [0.05, 0.1) is 5.69 Å². The van der Waals surface area contributed by atoms with E-state index in [2.05, 4.69) is 55.4 Å². The van der Waals surface area contributed by atoms with Gasteiger partial charge in [0.15, 0.2) is 0 Å². The highest BCUT2D eigenvalue weighted by Crippen LogP contribution is 2.32. The Hall–Kier alpha value is -1.73. The number of hydrogen-bond acceptors (Lipinski definition) is 4. The van der Waals surface area contributed by atoms with Gasteiger partial charge in [0.2, 0.25) is 0 Å². The number of rotatable bonds is 6. The van der Waals surface area contributed by atoms with Gasteiger partial charge in [0.1, 0.15) is 6.54 Å². The normalized spacial score (nSPS) is 18.4. The quantitative estimate of drug-likeness (QED) is 0.835. The predicted molar refractivity (Wildman–Crippen MR) is 89.1 cm³/mol. The first-order valence-corrected chi connectivity index (χ1v) is 8.51. The molecule has 0 bridgehead atoms. The molecular formula is C16H19BrN4O2. The molecule has 1 aromatic heterocycles. The lowest BCUT2D eigenvalue weighted by molar-refractivity contribution is -0.137. The van der Waals surface area contributed by atoms with Crippen molar-refractivity contribution < 1.29 is 9.90 Å². The summed E-state index contributed by atoms with van der Waals surface area (Å²) in [6, 6.07) is 8.98. The molecule has 0 radical (unpaired) electrons. The van der Waals surface area contributed by atoms with E-state index in [1.54, 1.807) is 6.20 Å². The predicted octanol–water partition coefficient (Wildman–Crippen LogP) is 2.50. The summed E-state index contributed by atoms with van der Waals surface area (Å²) in [4.78, 5) is 13.1. The molecule has 1 aliphatic rings. The highest BCUT2D eigenvalue weighted by Gasteiger charge is 2.25. The molecule has 2 heterocycles. The van der Waals surface area contributed by atoms with Crippen molar-refractivity contribution in [2.75, 3.05) is 13.1 Å². The maximum atomic E-state index is 10.7. The highest BCUT2D eigenvalue weighted by molar-refractivity contribution is 9.10. The molecule has 3 rings (SSSR count). The Morgan fingerprint density at radius 2 is 2.13 bits per heavy atom. The number of carboxylic acids is 1. The van der Waals surface area contributed by atoms with Crippen LogP contribution >= 0.6 is 15.9 Å². The fraction of sp³-hybridized carbons (Fsp3) is 0.438. The number of nitrogens with zero attached hydrogens (tertiary/aromatic N) is 4. The van der Waals surface area contributed by atoms with Crippen LogP contribution in [-0.4, -0.2) is 44.1 Å². The van der Waals surface area contributed by atoms with Gasteiger partial charge in [-0.2, -0.15) is 0 Å². The third-order valence-corrected chi connectivity index (χ3v) is 4.69. The summed E-state index contributed by atoms with van der Waals surface area (Å²) in [6.45, 7) is 1.86. The van der Waals surface area contributed by atoms with E-state index < -0.39 is 5.97 Å². The number of carbonyl (C=O) groups is 1. The monoisotopic (exact) mass is 378 g/mol. The molecule has 0 spiro atoms. The maximum absolute atomic E-state index is 10.7. The Morgan fingerprint density at radius 1 is 1.35 bits per heavy atom. The molecule has 2 aromatic rings. The van der Waals surface area contributed by atoms with E-state index in [0.29, 0.717) is 6.04 Å². The van der Waals surface area contributed by atoms with Crippen molar-refractivity contribution in [1.82, 2.24) is 19.9 Å². The maximum Gasteiger partial charge on any atom is 0.325 e. The van der Waals surface area contributed by atoms with Gasteiger partial charge in [-0.05, 0) is 37.1 Å². The molecule has 1 fully saturated rings. The van der Waals surface area contributed by atoms with Crippen LogP contribution in [0.2, 0.25) is 0 Å². The van der Waals surface area contributed by atoms with Crippen LogP contribution in [0, 0.1) is 0 Å². The average Bonchev–Trinajstić information content (AvgIpc) is 3.14. The van der Waals surface area contributed by atoms with E-state index in [1.165, 1.54) is 23.1 Å². The van der Waals surface area contributed by atoms with E-state index in [1.807, 2.05) is 0 Å². The van der Waals surface area contributed by atoms with Gasteiger partial charge in [-0.1, -0.05) is 33.3 Å². The molecule has 1 atom stereocenters. The summed E-state index contributed by atoms with van der Waals surface area (Å²) in [5.74, 6) is -0.906. The van der Waals surface area contributed by atoms with Crippen LogP contribution in [0.4, 0.5) is 0 Å². The molecule has 0 aliphatic carbocycles. The van der Waals surface area contributed by atoms with Gasteiger partial charge in [-0.3, -0.25) is 9.69 Å². The number of halogens is 1. The smallest absolute Gasteiger partial charge is 0.325 e. The summed E-state index contributed by atoms with van der Waals surface area (Å²) in [7, 11) is 0. The summed E-state index contributed by atoms with van der Waals surface area (Å²) < 4.78 is 2.47. The Labute approximate surface area is 143 Å². The zero-order chi connectivity index (χ0) is 16.2. The lowest BCUT2D eigenvalue weighted by atomic mass is 10.0. The van der Waals surface area contributed by atoms with E-state index >= 15 is 0 Å². The van der Waals surface area contributed by atoms with Crippen LogP contribution in [-0.2, 0) is 17.8 Å². The molecule has 0 amide bonds. The second-order valence-corrected chi connectivity index (χ2v) is 6.71. The molecule has 0 saturated carbocycles. The third-order valence-electron chi connectivity index (χ3n) is 4.16. The minimum atomic E-state index is -0.906. The Kier molecular flexibility index (Phi) is 5.07. The SMILES string of the molecule is O=C(O)Cn1cc(CCN2CCCC2c2ccc(Br)cc2)nn1. The van der Waals surface area contributed by atoms with Crippen molar-refractivity contribution in [3.63, 3.8) is 0 Å². The number of aromatic nitrogens is 3. The Bertz CT molecular complexity index is 671. The van der Waals surface area contributed by atoms with Crippen molar-refractivity contribution in [2.24, 2.45) is 0 Å². The summed E-state index contributed by atoms with van der Waals surface area (Å²) >= 11 is 3.48. The van der Waals surface area contributed by atoms with Crippen LogP contribution in [0.15, 0.2) is 34.9 Å². The highest BCUT2D eigenvalue weighted by atomic mass is 79.9. The van der Waals surface area contributed by atoms with Crippen LogP contribution in [0.3, 0.4) is 0 Å². The number of carboxylic acid groups (broad SMARTS) is 1. The summed E-state index contributed by atoms with van der Waals surface area (Å²) in [6.07, 6.45) is 4.88. The Morgan fingerprint density at radius 3 is 2.87 bits per heavy atom. The van der Waals surface area contributed by atoms with Gasteiger partial charge in [-0.25, -0.2) is 4.68 Å². The average molecular weight is 379 g/mol. The van der Waals surface area contributed by atoms with E-state index in [4.69, 9.17) is 5.11 Å². The molecule has 23 heavy (non-hydrogen) atoms. The van der Waals surface area contributed by atoms with Crippen LogP contribution in [0.1, 0.15) is 30.1 Å². The third kappa shape index (κ3) is 4.17. The molecule has 122 valence electrons. The van der Waals surface area contributed by atoms with Crippen molar-refractivity contribution >= 4 is 21.9 Å². The van der Waals surface area contributed by atoms with Gasteiger partial charge in [-0.15, -0.1) is 5.10 Å². The second-order valence-electron chi connectivity index (χ2n) is 5.80. The van der Waals surface area contributed by atoms with Gasteiger partial charge in [0, 0.05) is 29.7 Å². The lowest BCUT2D eigenvalue weighted by Crippen LogP contribution is -2.25. The molecule has 1 aliphatic heterocycles. The number of hydrogen-bond donors (Lipinski definition) is 1. The summed E-state index contributed by atoms with van der Waals surface area (Å²) in [5.41, 5.74) is 2.19. The number of aliphatic carboxylic acids is 1. The first-order chi connectivity index (χ1) is 11.1. The zero-order valence-corrected chi connectivity index (χ0v) is 14.3. The standard InChI is InChI=1S/C16H19BrN4O2/c17-13-5-3-12(4-6-13)15-2-1-8-20(15)9-7-14-10-21(19-18-14)11-16(22)23/h3-6,10,15H,1-2,7-9,11H2,(H,22,23). The first kappa shape index (κ1) is 16.1. The lowest BCUT2D eigenvalue weighted by Gasteiger charge is -2.24. The molecule has 1 saturated heterocycles.